The molecule has 0 aliphatic rings. The lowest BCUT2D eigenvalue weighted by molar-refractivity contribution is -0.129. The average Bonchev–Trinajstić information content (AvgIpc) is 3.37. The van der Waals surface area contributed by atoms with Gasteiger partial charge in [0.2, 0.25) is 5.91 Å². The first-order chi connectivity index (χ1) is 13.1. The van der Waals surface area contributed by atoms with Crippen molar-refractivity contribution in [2.75, 3.05) is 6.61 Å². The molecule has 3 aromatic rings. The summed E-state index contributed by atoms with van der Waals surface area (Å²) in [6.45, 7) is -0.259. The standard InChI is InChI=1S/C18H14N4O3S2/c19-9-12-3-5-14(6-4-12)25-10-17(24)22-21-16(23)8-13-11-27-18(20-13)15-2-1-7-26-15/h1-7,11H,8,10H2,(H,21,23)(H,22,24). The maximum Gasteiger partial charge on any atom is 0.276 e. The molecule has 0 aliphatic heterocycles. The van der Waals surface area contributed by atoms with E-state index in [4.69, 9.17) is 10.00 Å². The van der Waals surface area contributed by atoms with Crippen molar-refractivity contribution in [2.45, 2.75) is 6.42 Å². The average molecular weight is 398 g/mol. The van der Waals surface area contributed by atoms with Crippen LogP contribution in [0.15, 0.2) is 47.2 Å². The Morgan fingerprint density at radius 3 is 2.59 bits per heavy atom. The van der Waals surface area contributed by atoms with Gasteiger partial charge in [-0.25, -0.2) is 4.98 Å². The summed E-state index contributed by atoms with van der Waals surface area (Å²) in [5.74, 6) is -0.408. The lowest BCUT2D eigenvalue weighted by atomic mass is 10.2. The molecular formula is C18H14N4O3S2. The van der Waals surface area contributed by atoms with Crippen molar-refractivity contribution in [3.63, 3.8) is 0 Å². The van der Waals surface area contributed by atoms with Crippen LogP contribution in [0.2, 0.25) is 0 Å². The molecule has 0 radical (unpaired) electrons. The van der Waals surface area contributed by atoms with Gasteiger partial charge in [0.1, 0.15) is 10.8 Å². The molecule has 0 atom stereocenters. The van der Waals surface area contributed by atoms with Crippen molar-refractivity contribution < 1.29 is 14.3 Å². The van der Waals surface area contributed by atoms with Gasteiger partial charge < -0.3 is 4.74 Å². The van der Waals surface area contributed by atoms with Crippen LogP contribution < -0.4 is 15.6 Å². The molecule has 136 valence electrons. The van der Waals surface area contributed by atoms with Crippen molar-refractivity contribution >= 4 is 34.5 Å². The summed E-state index contributed by atoms with van der Waals surface area (Å²) >= 11 is 3.06. The van der Waals surface area contributed by atoms with Crippen LogP contribution in [0.5, 0.6) is 5.75 Å². The van der Waals surface area contributed by atoms with Crippen LogP contribution in [0, 0.1) is 11.3 Å². The molecule has 2 heterocycles. The summed E-state index contributed by atoms with van der Waals surface area (Å²) in [7, 11) is 0. The molecule has 9 heteroatoms. The van der Waals surface area contributed by atoms with Crippen LogP contribution in [0.1, 0.15) is 11.3 Å². The number of benzene rings is 1. The Morgan fingerprint density at radius 2 is 1.89 bits per heavy atom. The molecule has 2 amide bonds. The van der Waals surface area contributed by atoms with Gasteiger partial charge in [0.25, 0.3) is 5.91 Å². The quantitative estimate of drug-likeness (QED) is 0.621. The first kappa shape index (κ1) is 18.6. The van der Waals surface area contributed by atoms with E-state index in [-0.39, 0.29) is 18.9 Å². The van der Waals surface area contributed by atoms with Crippen molar-refractivity contribution in [3.05, 3.63) is 58.4 Å². The van der Waals surface area contributed by atoms with Crippen molar-refractivity contribution in [1.82, 2.24) is 15.8 Å². The maximum absolute atomic E-state index is 11.9. The van der Waals surface area contributed by atoms with E-state index in [1.807, 2.05) is 29.0 Å². The summed E-state index contributed by atoms with van der Waals surface area (Å²) in [4.78, 5) is 29.1. The van der Waals surface area contributed by atoms with Gasteiger partial charge in [-0.2, -0.15) is 5.26 Å². The third-order valence-corrected chi connectivity index (χ3v) is 5.25. The number of nitrogens with one attached hydrogen (secondary N) is 2. The van der Waals surface area contributed by atoms with Crippen molar-refractivity contribution in [2.24, 2.45) is 0 Å². The van der Waals surface area contributed by atoms with E-state index in [0.717, 1.165) is 9.88 Å². The van der Waals surface area contributed by atoms with E-state index in [0.29, 0.717) is 17.0 Å². The summed E-state index contributed by atoms with van der Waals surface area (Å²) in [6, 6.07) is 12.3. The topological polar surface area (TPSA) is 104 Å². The molecule has 1 aromatic carbocycles. The number of carbonyl (C=O) groups is 2. The third kappa shape index (κ3) is 5.37. The molecule has 27 heavy (non-hydrogen) atoms. The number of nitrogens with zero attached hydrogens (tertiary/aromatic N) is 2. The molecule has 3 rings (SSSR count). The van der Waals surface area contributed by atoms with E-state index in [9.17, 15) is 9.59 Å². The SMILES string of the molecule is N#Cc1ccc(OCC(=O)NNC(=O)Cc2csc(-c3cccs3)n2)cc1. The van der Waals surface area contributed by atoms with Crippen LogP contribution in [0.3, 0.4) is 0 Å². The molecule has 7 nitrogen and oxygen atoms in total. The van der Waals surface area contributed by atoms with Crippen LogP contribution in [-0.4, -0.2) is 23.4 Å². The fourth-order valence-corrected chi connectivity index (χ4v) is 3.69. The number of thiazole rings is 1. The van der Waals surface area contributed by atoms with Gasteiger partial charge in [-0.15, -0.1) is 22.7 Å². The van der Waals surface area contributed by atoms with Gasteiger partial charge >= 0.3 is 0 Å². The normalized spacial score (nSPS) is 10.0. The van der Waals surface area contributed by atoms with Crippen LogP contribution in [-0.2, 0) is 16.0 Å². The molecule has 0 unspecified atom stereocenters. The maximum atomic E-state index is 11.9. The molecule has 0 spiro atoms. The summed E-state index contributed by atoms with van der Waals surface area (Å²) < 4.78 is 5.28. The predicted octanol–water partition coefficient (Wildman–Crippen LogP) is 2.51. The predicted molar refractivity (Wildman–Crippen MR) is 102 cm³/mol. The number of hydrogen-bond acceptors (Lipinski definition) is 7. The smallest absolute Gasteiger partial charge is 0.276 e. The van der Waals surface area contributed by atoms with Gasteiger partial charge in [0.15, 0.2) is 6.61 Å². The van der Waals surface area contributed by atoms with Gasteiger partial charge in [0.05, 0.1) is 28.6 Å². The number of rotatable bonds is 6. The largest absolute Gasteiger partial charge is 0.484 e. The first-order valence-electron chi connectivity index (χ1n) is 7.83. The fraction of sp³-hybridized carbons (Fsp3) is 0.111. The number of ether oxygens (including phenoxy) is 1. The third-order valence-electron chi connectivity index (χ3n) is 3.32. The molecule has 0 fully saturated rings. The van der Waals surface area contributed by atoms with E-state index in [1.165, 1.54) is 11.3 Å². The minimum absolute atomic E-state index is 0.0681. The first-order valence-corrected chi connectivity index (χ1v) is 9.59. The van der Waals surface area contributed by atoms with Gasteiger partial charge in [-0.05, 0) is 35.7 Å². The second-order valence-corrected chi connectivity index (χ2v) is 7.13. The second-order valence-electron chi connectivity index (χ2n) is 5.32. The van der Waals surface area contributed by atoms with Gasteiger partial charge in [-0.3, -0.25) is 20.4 Å². The Kier molecular flexibility index (Phi) is 6.14. The summed E-state index contributed by atoms with van der Waals surface area (Å²) in [6.07, 6.45) is 0.0681. The zero-order valence-corrected chi connectivity index (χ0v) is 15.6. The zero-order chi connectivity index (χ0) is 19.1. The minimum Gasteiger partial charge on any atom is -0.484 e. The molecule has 0 bridgehead atoms. The van der Waals surface area contributed by atoms with Crippen molar-refractivity contribution in [3.8, 4) is 21.7 Å². The lowest BCUT2D eigenvalue weighted by Crippen LogP contribution is -2.44. The lowest BCUT2D eigenvalue weighted by Gasteiger charge is -2.08. The van der Waals surface area contributed by atoms with Crippen molar-refractivity contribution in [1.29, 1.82) is 5.26 Å². The molecule has 0 saturated carbocycles. The number of hydrazine groups is 1. The Hall–Kier alpha value is -3.22. The highest BCUT2D eigenvalue weighted by Crippen LogP contribution is 2.27. The van der Waals surface area contributed by atoms with Crippen LogP contribution in [0.4, 0.5) is 0 Å². The molecule has 0 saturated heterocycles. The van der Waals surface area contributed by atoms with E-state index < -0.39 is 5.91 Å². The number of aromatic nitrogens is 1. The zero-order valence-electron chi connectivity index (χ0n) is 14.0. The highest BCUT2D eigenvalue weighted by Gasteiger charge is 2.11. The molecule has 0 aliphatic carbocycles. The Morgan fingerprint density at radius 1 is 1.11 bits per heavy atom. The monoisotopic (exact) mass is 398 g/mol. The van der Waals surface area contributed by atoms with E-state index in [2.05, 4.69) is 15.8 Å². The van der Waals surface area contributed by atoms with E-state index >= 15 is 0 Å². The Labute approximate surface area is 163 Å². The Balaban J connectivity index is 1.40. The van der Waals surface area contributed by atoms with Gasteiger partial charge in [-0.1, -0.05) is 6.07 Å². The van der Waals surface area contributed by atoms with Gasteiger partial charge in [0, 0.05) is 5.38 Å². The van der Waals surface area contributed by atoms with E-state index in [1.54, 1.807) is 35.6 Å². The Bertz CT molecular complexity index is 959. The molecular weight excluding hydrogens is 384 g/mol. The number of hydrogen-bond donors (Lipinski definition) is 2. The number of amides is 2. The van der Waals surface area contributed by atoms with Crippen LogP contribution >= 0.6 is 22.7 Å². The molecule has 2 aromatic heterocycles. The van der Waals surface area contributed by atoms with Crippen LogP contribution in [0.25, 0.3) is 9.88 Å². The molecule has 2 N–H and O–H groups in total. The fourth-order valence-electron chi connectivity index (χ4n) is 2.06. The number of carbonyl (C=O) groups excluding carboxylic acids is 2. The highest BCUT2D eigenvalue weighted by molar-refractivity contribution is 7.20. The second kappa shape index (κ2) is 8.93. The summed E-state index contributed by atoms with van der Waals surface area (Å²) in [5, 5.41) is 13.4. The number of nitriles is 1. The minimum atomic E-state index is -0.495. The summed E-state index contributed by atoms with van der Waals surface area (Å²) in [5.41, 5.74) is 5.77. The highest BCUT2D eigenvalue weighted by atomic mass is 32.1. The number of thiophene rings is 1.